The Morgan fingerprint density at radius 1 is 1.24 bits per heavy atom. The molecule has 0 unspecified atom stereocenters. The number of hydrogen-bond donors (Lipinski definition) is 1. The zero-order valence-electron chi connectivity index (χ0n) is 14.9. The maximum atomic E-state index is 12.9. The molecule has 1 spiro atoms. The van der Waals surface area contributed by atoms with Gasteiger partial charge in [-0.3, -0.25) is 4.90 Å². The van der Waals surface area contributed by atoms with Crippen LogP contribution in [-0.4, -0.2) is 71.6 Å². The van der Waals surface area contributed by atoms with E-state index in [-0.39, 0.29) is 37.2 Å². The Labute approximate surface area is 146 Å². The van der Waals surface area contributed by atoms with Crippen molar-refractivity contribution in [1.29, 1.82) is 0 Å². The zero-order chi connectivity index (χ0) is 18.0. The van der Waals surface area contributed by atoms with Gasteiger partial charge in [-0.25, -0.2) is 9.59 Å². The first-order valence-electron chi connectivity index (χ1n) is 8.95. The highest BCUT2D eigenvalue weighted by atomic mass is 16.6. The lowest BCUT2D eigenvalue weighted by Crippen LogP contribution is -2.52. The van der Waals surface area contributed by atoms with Crippen LogP contribution in [0.25, 0.3) is 0 Å². The molecule has 3 saturated heterocycles. The molecule has 0 aromatic heterocycles. The van der Waals surface area contributed by atoms with Gasteiger partial charge in [-0.15, -0.1) is 0 Å². The summed E-state index contributed by atoms with van der Waals surface area (Å²) in [6.45, 7) is 6.97. The molecule has 0 aromatic carbocycles. The van der Waals surface area contributed by atoms with E-state index in [4.69, 9.17) is 14.2 Å². The molecule has 1 N–H and O–H groups in total. The number of carbonyl (C=O) groups excluding carboxylic acids is 2. The summed E-state index contributed by atoms with van der Waals surface area (Å²) in [4.78, 5) is 27.6. The van der Waals surface area contributed by atoms with Gasteiger partial charge in [0.05, 0.1) is 12.6 Å². The molecule has 4 heterocycles. The normalized spacial score (nSPS) is 47.4. The van der Waals surface area contributed by atoms with E-state index >= 15 is 0 Å². The molecular formula is C18H25NO6. The Balaban J connectivity index is 1.68. The molecule has 0 radical (unpaired) electrons. The SMILES string of the molecule is C[C@@H]1[C@@H](C)[C@](C)(O)C(=O)OCC2=CCN3CC[C@@H](OC(=O)[C@@]14CO4)[C@@H]23. The molecule has 3 fully saturated rings. The molecule has 4 aliphatic rings. The van der Waals surface area contributed by atoms with Crippen molar-refractivity contribution in [2.24, 2.45) is 11.8 Å². The van der Waals surface area contributed by atoms with Crippen LogP contribution in [0.4, 0.5) is 0 Å². The van der Waals surface area contributed by atoms with E-state index in [0.29, 0.717) is 0 Å². The predicted molar refractivity (Wildman–Crippen MR) is 86.5 cm³/mol. The summed E-state index contributed by atoms with van der Waals surface area (Å²) in [6, 6.07) is -0.0512. The van der Waals surface area contributed by atoms with Gasteiger partial charge in [0.25, 0.3) is 0 Å². The topological polar surface area (TPSA) is 88.6 Å². The highest BCUT2D eigenvalue weighted by Gasteiger charge is 2.63. The standard InChI is InChI=1S/C18H25NO6/c1-10-11(2)18(9-24-18)16(21)25-13-5-7-19-6-4-12(14(13)19)8-23-15(20)17(10,3)22/h4,10-11,13-14,22H,5-9H2,1-3H3/t10-,11-,13-,14-,17+,18-/m1/s1. The molecule has 4 rings (SSSR count). The fourth-order valence-corrected chi connectivity index (χ4v) is 4.38. The average Bonchev–Trinajstić information content (AvgIpc) is 3.16. The van der Waals surface area contributed by atoms with Crippen LogP contribution in [0, 0.1) is 11.8 Å². The Morgan fingerprint density at radius 2 is 1.96 bits per heavy atom. The Kier molecular flexibility index (Phi) is 3.76. The van der Waals surface area contributed by atoms with Gasteiger partial charge in [-0.2, -0.15) is 0 Å². The molecule has 0 aliphatic carbocycles. The Bertz CT molecular complexity index is 637. The van der Waals surface area contributed by atoms with Crippen LogP contribution in [0.5, 0.6) is 0 Å². The lowest BCUT2D eigenvalue weighted by atomic mass is 9.75. The highest BCUT2D eigenvalue weighted by Crippen LogP contribution is 2.45. The molecule has 7 nitrogen and oxygen atoms in total. The van der Waals surface area contributed by atoms with Crippen molar-refractivity contribution >= 4 is 11.9 Å². The van der Waals surface area contributed by atoms with Crippen molar-refractivity contribution in [3.63, 3.8) is 0 Å². The molecule has 0 bridgehead atoms. The summed E-state index contributed by atoms with van der Waals surface area (Å²) >= 11 is 0. The third-order valence-electron chi connectivity index (χ3n) is 6.63. The van der Waals surface area contributed by atoms with Crippen LogP contribution < -0.4 is 0 Å². The van der Waals surface area contributed by atoms with Crippen molar-refractivity contribution < 1.29 is 28.9 Å². The van der Waals surface area contributed by atoms with Crippen LogP contribution in [0.1, 0.15) is 27.2 Å². The van der Waals surface area contributed by atoms with Crippen LogP contribution in [0.3, 0.4) is 0 Å². The van der Waals surface area contributed by atoms with Crippen molar-refractivity contribution in [2.75, 3.05) is 26.3 Å². The first-order chi connectivity index (χ1) is 11.8. The number of hydrogen-bond acceptors (Lipinski definition) is 7. The van der Waals surface area contributed by atoms with Crippen LogP contribution in [0.15, 0.2) is 11.6 Å². The molecule has 25 heavy (non-hydrogen) atoms. The van der Waals surface area contributed by atoms with Crippen molar-refractivity contribution in [3.05, 3.63) is 11.6 Å². The molecule has 0 saturated carbocycles. The minimum absolute atomic E-state index is 0.0512. The summed E-state index contributed by atoms with van der Waals surface area (Å²) < 4.78 is 16.8. The van der Waals surface area contributed by atoms with Crippen molar-refractivity contribution in [3.8, 4) is 0 Å². The second kappa shape index (κ2) is 5.53. The largest absolute Gasteiger partial charge is 0.459 e. The van der Waals surface area contributed by atoms with Gasteiger partial charge in [-0.1, -0.05) is 19.9 Å². The first-order valence-corrected chi connectivity index (χ1v) is 8.95. The van der Waals surface area contributed by atoms with Gasteiger partial charge in [-0.05, 0) is 18.9 Å². The number of ether oxygens (including phenoxy) is 3. The van der Waals surface area contributed by atoms with Gasteiger partial charge in [0.15, 0.2) is 11.2 Å². The number of epoxide rings is 1. The highest BCUT2D eigenvalue weighted by molar-refractivity contribution is 5.84. The number of esters is 2. The van der Waals surface area contributed by atoms with E-state index in [9.17, 15) is 14.7 Å². The van der Waals surface area contributed by atoms with E-state index in [2.05, 4.69) is 4.90 Å². The van der Waals surface area contributed by atoms with E-state index in [1.165, 1.54) is 6.92 Å². The molecular weight excluding hydrogens is 326 g/mol. The van der Waals surface area contributed by atoms with Crippen molar-refractivity contribution in [1.82, 2.24) is 4.90 Å². The first kappa shape index (κ1) is 17.0. The fraction of sp³-hybridized carbons (Fsp3) is 0.778. The Hall–Kier alpha value is -1.44. The summed E-state index contributed by atoms with van der Waals surface area (Å²) in [5, 5.41) is 10.8. The zero-order valence-corrected chi connectivity index (χ0v) is 14.9. The van der Waals surface area contributed by atoms with E-state index in [0.717, 1.165) is 25.1 Å². The Morgan fingerprint density at radius 3 is 2.64 bits per heavy atom. The maximum Gasteiger partial charge on any atom is 0.341 e. The smallest absolute Gasteiger partial charge is 0.341 e. The third kappa shape index (κ3) is 2.44. The minimum atomic E-state index is -1.70. The monoisotopic (exact) mass is 351 g/mol. The second-order valence-corrected chi connectivity index (χ2v) is 7.93. The van der Waals surface area contributed by atoms with Crippen LogP contribution in [-0.2, 0) is 23.8 Å². The lowest BCUT2D eigenvalue weighted by Gasteiger charge is -2.36. The van der Waals surface area contributed by atoms with Crippen LogP contribution in [0.2, 0.25) is 0 Å². The minimum Gasteiger partial charge on any atom is -0.459 e. The summed E-state index contributed by atoms with van der Waals surface area (Å²) in [6.07, 6.45) is 2.54. The van der Waals surface area contributed by atoms with Gasteiger partial charge < -0.3 is 19.3 Å². The lowest BCUT2D eigenvalue weighted by molar-refractivity contribution is -0.176. The number of rotatable bonds is 0. The van der Waals surface area contributed by atoms with Crippen molar-refractivity contribution in [2.45, 2.75) is 50.5 Å². The molecule has 0 aromatic rings. The van der Waals surface area contributed by atoms with E-state index in [1.54, 1.807) is 6.92 Å². The number of aliphatic hydroxyl groups is 1. The van der Waals surface area contributed by atoms with Gasteiger partial charge in [0.1, 0.15) is 12.7 Å². The van der Waals surface area contributed by atoms with E-state index < -0.39 is 23.1 Å². The van der Waals surface area contributed by atoms with Gasteiger partial charge in [0, 0.05) is 24.9 Å². The average molecular weight is 351 g/mol. The maximum absolute atomic E-state index is 12.9. The number of nitrogens with zero attached hydrogens (tertiary/aromatic N) is 1. The second-order valence-electron chi connectivity index (χ2n) is 7.93. The molecule has 4 aliphatic heterocycles. The quantitative estimate of drug-likeness (QED) is 0.380. The van der Waals surface area contributed by atoms with E-state index in [1.807, 2.05) is 13.0 Å². The predicted octanol–water partition coefficient (Wildman–Crippen LogP) is 0.262. The summed E-state index contributed by atoms with van der Waals surface area (Å²) in [5.41, 5.74) is -1.84. The third-order valence-corrected chi connectivity index (χ3v) is 6.63. The molecule has 7 heteroatoms. The number of cyclic esters (lactones) is 1. The fourth-order valence-electron chi connectivity index (χ4n) is 4.38. The van der Waals surface area contributed by atoms with Gasteiger partial charge >= 0.3 is 11.9 Å². The molecule has 6 atom stereocenters. The summed E-state index contributed by atoms with van der Waals surface area (Å²) in [7, 11) is 0. The van der Waals surface area contributed by atoms with Crippen LogP contribution >= 0.6 is 0 Å². The molecule has 0 amide bonds. The molecule has 138 valence electrons. The number of carbonyl (C=O) groups is 2. The van der Waals surface area contributed by atoms with Gasteiger partial charge in [0.2, 0.25) is 0 Å². The summed E-state index contributed by atoms with van der Waals surface area (Å²) in [5.74, 6) is -1.94.